The predicted molar refractivity (Wildman–Crippen MR) is 63.0 cm³/mol. The summed E-state index contributed by atoms with van der Waals surface area (Å²) in [6, 6.07) is 0. The molecule has 0 aromatic carbocycles. The van der Waals surface area contributed by atoms with Gasteiger partial charge < -0.3 is 9.84 Å². The second-order valence-corrected chi connectivity index (χ2v) is 6.40. The number of carboxylic acids is 1. The Morgan fingerprint density at radius 1 is 1.27 bits per heavy atom. The third-order valence-corrected chi connectivity index (χ3v) is 3.33. The van der Waals surface area contributed by atoms with E-state index in [1.54, 1.807) is 0 Å². The first-order valence-corrected chi connectivity index (χ1v) is 6.98. The van der Waals surface area contributed by atoms with Gasteiger partial charge in [0.15, 0.2) is 0 Å². The Labute approximate surface area is 97.5 Å². The van der Waals surface area contributed by atoms with Gasteiger partial charge in [-0.1, -0.05) is 21.6 Å². The van der Waals surface area contributed by atoms with Crippen LogP contribution in [0.2, 0.25) is 0 Å². The summed E-state index contributed by atoms with van der Waals surface area (Å²) in [5.41, 5.74) is -0.448. The first-order chi connectivity index (χ1) is 6.81. The van der Waals surface area contributed by atoms with Gasteiger partial charge in [-0.3, -0.25) is 9.59 Å². The fourth-order valence-electron chi connectivity index (χ4n) is 0.669. The van der Waals surface area contributed by atoms with Gasteiger partial charge in [0.1, 0.15) is 11.4 Å². The number of carboxylic acid groups (broad SMARTS) is 1. The van der Waals surface area contributed by atoms with Crippen molar-refractivity contribution in [2.75, 3.05) is 11.5 Å². The molecule has 0 saturated heterocycles. The quantitative estimate of drug-likeness (QED) is 0.444. The van der Waals surface area contributed by atoms with Crippen molar-refractivity contribution in [3.8, 4) is 0 Å². The third kappa shape index (κ3) is 11.6. The molecule has 0 radical (unpaired) electrons. The largest absolute Gasteiger partial charge is 0.481 e. The Hall–Kier alpha value is -0.360. The van der Waals surface area contributed by atoms with Gasteiger partial charge in [0, 0.05) is 5.75 Å². The highest BCUT2D eigenvalue weighted by atomic mass is 33.1. The molecule has 0 aliphatic carbocycles. The number of carbonyl (C=O) groups excluding carboxylic acids is 1. The van der Waals surface area contributed by atoms with E-state index in [0.29, 0.717) is 12.2 Å². The third-order valence-electron chi connectivity index (χ3n) is 1.08. The van der Waals surface area contributed by atoms with Gasteiger partial charge in [0.2, 0.25) is 0 Å². The van der Waals surface area contributed by atoms with E-state index in [0.717, 1.165) is 0 Å². The molecular weight excluding hydrogens is 236 g/mol. The molecule has 0 aromatic rings. The molecule has 0 atom stereocenters. The maximum Gasteiger partial charge on any atom is 0.314 e. The van der Waals surface area contributed by atoms with Crippen LogP contribution in [0.15, 0.2) is 0 Å². The first kappa shape index (κ1) is 14.6. The molecule has 88 valence electrons. The molecule has 0 heterocycles. The zero-order valence-electron chi connectivity index (χ0n) is 9.11. The van der Waals surface area contributed by atoms with E-state index in [1.807, 2.05) is 20.8 Å². The van der Waals surface area contributed by atoms with Crippen molar-refractivity contribution in [1.82, 2.24) is 0 Å². The van der Waals surface area contributed by atoms with Crippen LogP contribution in [-0.2, 0) is 14.3 Å². The Morgan fingerprint density at radius 3 is 2.33 bits per heavy atom. The number of ether oxygens (including phenoxy) is 1. The van der Waals surface area contributed by atoms with Crippen molar-refractivity contribution in [2.45, 2.75) is 32.8 Å². The normalized spacial score (nSPS) is 11.1. The number of hydrogen-bond acceptors (Lipinski definition) is 5. The van der Waals surface area contributed by atoms with Crippen molar-refractivity contribution in [3.63, 3.8) is 0 Å². The number of aliphatic carboxylic acids is 1. The van der Waals surface area contributed by atoms with Crippen LogP contribution in [0, 0.1) is 0 Å². The minimum atomic E-state index is -0.843. The fraction of sp³-hybridized carbons (Fsp3) is 0.778. The van der Waals surface area contributed by atoms with E-state index < -0.39 is 11.6 Å². The number of rotatable bonds is 6. The predicted octanol–water partition coefficient (Wildman–Crippen LogP) is 2.18. The summed E-state index contributed by atoms with van der Waals surface area (Å²) in [6.07, 6.45) is 0.314. The second kappa shape index (κ2) is 7.00. The maximum absolute atomic E-state index is 11.2. The molecule has 0 aliphatic heterocycles. The first-order valence-electron chi connectivity index (χ1n) is 4.49. The zero-order valence-corrected chi connectivity index (χ0v) is 10.7. The summed E-state index contributed by atoms with van der Waals surface area (Å²) in [6.45, 7) is 5.45. The average molecular weight is 252 g/mol. The summed E-state index contributed by atoms with van der Waals surface area (Å²) in [5.74, 6) is -0.457. The second-order valence-electron chi connectivity index (χ2n) is 3.81. The molecule has 0 spiro atoms. The van der Waals surface area contributed by atoms with Crippen molar-refractivity contribution in [2.24, 2.45) is 0 Å². The van der Waals surface area contributed by atoms with Crippen LogP contribution >= 0.6 is 21.6 Å². The Balaban J connectivity index is 3.44. The molecule has 6 heteroatoms. The Kier molecular flexibility index (Phi) is 6.84. The number of carbonyl (C=O) groups is 2. The minimum absolute atomic E-state index is 0.0545. The lowest BCUT2D eigenvalue weighted by molar-refractivity contribution is -0.154. The van der Waals surface area contributed by atoms with E-state index in [2.05, 4.69) is 0 Å². The molecule has 15 heavy (non-hydrogen) atoms. The van der Waals surface area contributed by atoms with Crippen LogP contribution in [0.1, 0.15) is 27.2 Å². The van der Waals surface area contributed by atoms with E-state index >= 15 is 0 Å². The zero-order chi connectivity index (χ0) is 11.9. The summed E-state index contributed by atoms with van der Waals surface area (Å²) >= 11 is 0. The van der Waals surface area contributed by atoms with Gasteiger partial charge in [0.25, 0.3) is 0 Å². The highest BCUT2D eigenvalue weighted by molar-refractivity contribution is 8.76. The summed E-state index contributed by atoms with van der Waals surface area (Å²) in [7, 11) is 2.60. The summed E-state index contributed by atoms with van der Waals surface area (Å²) in [4.78, 5) is 21.4. The van der Waals surface area contributed by atoms with Crippen LogP contribution < -0.4 is 0 Å². The summed E-state index contributed by atoms with van der Waals surface area (Å²) < 4.78 is 5.09. The smallest absolute Gasteiger partial charge is 0.314 e. The summed E-state index contributed by atoms with van der Waals surface area (Å²) in [5, 5.41) is 8.35. The van der Waals surface area contributed by atoms with Gasteiger partial charge >= 0.3 is 11.9 Å². The number of esters is 1. The van der Waals surface area contributed by atoms with Gasteiger partial charge in [-0.15, -0.1) is 0 Å². The SMILES string of the molecule is CC(C)(C)OC(=O)CCSSCC(=O)O. The van der Waals surface area contributed by atoms with E-state index in [-0.39, 0.29) is 11.7 Å². The molecule has 0 rings (SSSR count). The van der Waals surface area contributed by atoms with Crippen LogP contribution in [0.4, 0.5) is 0 Å². The maximum atomic E-state index is 11.2. The lowest BCUT2D eigenvalue weighted by Gasteiger charge is -2.19. The standard InChI is InChI=1S/C9H16O4S2/c1-9(2,3)13-8(12)4-5-14-15-6-7(10)11/h4-6H2,1-3H3,(H,10,11). The van der Waals surface area contributed by atoms with Crippen molar-refractivity contribution >= 4 is 33.5 Å². The molecule has 0 unspecified atom stereocenters. The minimum Gasteiger partial charge on any atom is -0.481 e. The number of hydrogen-bond donors (Lipinski definition) is 1. The van der Waals surface area contributed by atoms with Crippen LogP contribution in [0.25, 0.3) is 0 Å². The van der Waals surface area contributed by atoms with Gasteiger partial charge in [0.05, 0.1) is 6.42 Å². The Bertz CT molecular complexity index is 223. The van der Waals surface area contributed by atoms with Gasteiger partial charge in [-0.25, -0.2) is 0 Å². The van der Waals surface area contributed by atoms with Crippen LogP contribution in [-0.4, -0.2) is 34.2 Å². The highest BCUT2D eigenvalue weighted by Crippen LogP contribution is 2.22. The Morgan fingerprint density at radius 2 is 1.87 bits per heavy atom. The van der Waals surface area contributed by atoms with Crippen molar-refractivity contribution < 1.29 is 19.4 Å². The fourth-order valence-corrected chi connectivity index (χ4v) is 2.38. The van der Waals surface area contributed by atoms with E-state index in [9.17, 15) is 9.59 Å². The molecule has 4 nitrogen and oxygen atoms in total. The molecule has 0 bridgehead atoms. The van der Waals surface area contributed by atoms with Crippen LogP contribution in [0.5, 0.6) is 0 Å². The molecule has 0 amide bonds. The van der Waals surface area contributed by atoms with E-state index in [1.165, 1.54) is 21.6 Å². The molecule has 0 saturated carbocycles. The highest BCUT2D eigenvalue weighted by Gasteiger charge is 2.15. The molecular formula is C9H16O4S2. The molecule has 1 N–H and O–H groups in total. The average Bonchev–Trinajstić information content (AvgIpc) is 1.99. The van der Waals surface area contributed by atoms with Crippen molar-refractivity contribution in [3.05, 3.63) is 0 Å². The lowest BCUT2D eigenvalue weighted by Crippen LogP contribution is -2.23. The van der Waals surface area contributed by atoms with Gasteiger partial charge in [-0.2, -0.15) is 0 Å². The topological polar surface area (TPSA) is 63.6 Å². The lowest BCUT2D eigenvalue weighted by atomic mass is 10.2. The van der Waals surface area contributed by atoms with E-state index in [4.69, 9.17) is 9.84 Å². The van der Waals surface area contributed by atoms with Crippen LogP contribution in [0.3, 0.4) is 0 Å². The molecule has 0 fully saturated rings. The monoisotopic (exact) mass is 252 g/mol. The van der Waals surface area contributed by atoms with Gasteiger partial charge in [-0.05, 0) is 20.8 Å². The molecule has 0 aromatic heterocycles. The van der Waals surface area contributed by atoms with Crippen molar-refractivity contribution in [1.29, 1.82) is 0 Å². The molecule has 0 aliphatic rings.